The van der Waals surface area contributed by atoms with Crippen LogP contribution in [-0.4, -0.2) is 12.9 Å². The number of para-hydroxylation sites is 2. The monoisotopic (exact) mass is 332 g/mol. The number of hydrogen-bond donors (Lipinski definition) is 0. The minimum Gasteiger partial charge on any atom is -0.453 e. The third kappa shape index (κ3) is 4.18. The first-order valence-corrected chi connectivity index (χ1v) is 6.19. The highest BCUT2D eigenvalue weighted by molar-refractivity contribution is 5.79. The molecular formula is C15H9F5O3. The lowest BCUT2D eigenvalue weighted by Crippen LogP contribution is -2.06. The van der Waals surface area contributed by atoms with E-state index in [9.17, 15) is 26.7 Å². The molecule has 0 bridgehead atoms. The van der Waals surface area contributed by atoms with Crippen LogP contribution in [0.25, 0.3) is 0 Å². The molecule has 0 spiro atoms. The summed E-state index contributed by atoms with van der Waals surface area (Å²) in [5.74, 6) is -1.02. The van der Waals surface area contributed by atoms with Crippen LogP contribution in [0.4, 0.5) is 22.0 Å². The quantitative estimate of drug-likeness (QED) is 0.576. The van der Waals surface area contributed by atoms with Crippen LogP contribution < -0.4 is 9.47 Å². The molecule has 0 saturated carbocycles. The van der Waals surface area contributed by atoms with Crippen molar-refractivity contribution in [3.05, 3.63) is 53.6 Å². The van der Waals surface area contributed by atoms with E-state index in [0.717, 1.165) is 18.2 Å². The molecule has 0 unspecified atom stereocenters. The molecule has 0 atom stereocenters. The van der Waals surface area contributed by atoms with Gasteiger partial charge in [-0.25, -0.2) is 0 Å². The Balaban J connectivity index is 2.41. The van der Waals surface area contributed by atoms with E-state index in [4.69, 9.17) is 4.74 Å². The van der Waals surface area contributed by atoms with Crippen LogP contribution in [0.2, 0.25) is 0 Å². The molecule has 0 aliphatic rings. The third-order valence-corrected chi connectivity index (χ3v) is 2.75. The predicted molar refractivity (Wildman–Crippen MR) is 70.0 cm³/mol. The summed E-state index contributed by atoms with van der Waals surface area (Å²) in [5, 5.41) is 0. The first-order chi connectivity index (χ1) is 10.8. The van der Waals surface area contributed by atoms with Gasteiger partial charge in [0.1, 0.15) is 5.75 Å². The summed E-state index contributed by atoms with van der Waals surface area (Å²) in [7, 11) is 0. The topological polar surface area (TPSA) is 35.5 Å². The van der Waals surface area contributed by atoms with Crippen molar-refractivity contribution in [3.63, 3.8) is 0 Å². The maximum absolute atomic E-state index is 12.7. The van der Waals surface area contributed by atoms with E-state index in [0.29, 0.717) is 12.4 Å². The number of aldehydes is 1. The van der Waals surface area contributed by atoms with E-state index < -0.39 is 24.1 Å². The van der Waals surface area contributed by atoms with E-state index >= 15 is 0 Å². The van der Waals surface area contributed by atoms with Crippen LogP contribution in [0.5, 0.6) is 17.2 Å². The molecule has 0 aliphatic heterocycles. The van der Waals surface area contributed by atoms with Gasteiger partial charge in [0.2, 0.25) is 0 Å². The second-order valence-corrected chi connectivity index (χ2v) is 4.30. The average molecular weight is 332 g/mol. The third-order valence-electron chi connectivity index (χ3n) is 2.75. The molecule has 0 saturated heterocycles. The molecule has 0 amide bonds. The summed E-state index contributed by atoms with van der Waals surface area (Å²) in [6, 6.07) is 7.46. The average Bonchev–Trinajstić information content (AvgIpc) is 2.47. The number of alkyl halides is 5. The Hall–Kier alpha value is -2.64. The molecule has 3 nitrogen and oxygen atoms in total. The SMILES string of the molecule is O=Cc1ccc(C(F)(F)F)cc1Oc1ccccc1OC(F)F. The molecule has 0 N–H and O–H groups in total. The number of carbonyl (C=O) groups is 1. The second kappa shape index (κ2) is 6.64. The van der Waals surface area contributed by atoms with Gasteiger partial charge in [-0.15, -0.1) is 0 Å². The van der Waals surface area contributed by atoms with Crippen molar-refractivity contribution in [2.75, 3.05) is 0 Å². The Labute approximate surface area is 127 Å². The Morgan fingerprint density at radius 2 is 1.61 bits per heavy atom. The molecule has 2 aromatic rings. The Kier molecular flexibility index (Phi) is 4.83. The Morgan fingerprint density at radius 3 is 2.17 bits per heavy atom. The minimum absolute atomic E-state index is 0.162. The molecule has 122 valence electrons. The van der Waals surface area contributed by atoms with E-state index in [1.807, 2.05) is 0 Å². The Bertz CT molecular complexity index is 698. The van der Waals surface area contributed by atoms with Crippen LogP contribution in [0.1, 0.15) is 15.9 Å². The van der Waals surface area contributed by atoms with E-state index in [2.05, 4.69) is 4.74 Å². The fraction of sp³-hybridized carbons (Fsp3) is 0.133. The van der Waals surface area contributed by atoms with E-state index in [-0.39, 0.29) is 17.1 Å². The summed E-state index contributed by atoms with van der Waals surface area (Å²) in [4.78, 5) is 10.9. The zero-order valence-electron chi connectivity index (χ0n) is 11.3. The number of benzene rings is 2. The zero-order chi connectivity index (χ0) is 17.0. The summed E-state index contributed by atoms with van der Waals surface area (Å²) in [6.07, 6.45) is -4.34. The first-order valence-electron chi connectivity index (χ1n) is 6.19. The number of halogens is 5. The van der Waals surface area contributed by atoms with Crippen molar-refractivity contribution in [1.29, 1.82) is 0 Å². The summed E-state index contributed by atoms with van der Waals surface area (Å²) >= 11 is 0. The summed E-state index contributed by atoms with van der Waals surface area (Å²) in [5.41, 5.74) is -1.20. The maximum atomic E-state index is 12.7. The lowest BCUT2D eigenvalue weighted by molar-refractivity contribution is -0.137. The van der Waals surface area contributed by atoms with Gasteiger partial charge < -0.3 is 9.47 Å². The fourth-order valence-corrected chi connectivity index (χ4v) is 1.74. The Morgan fingerprint density at radius 1 is 0.957 bits per heavy atom. The second-order valence-electron chi connectivity index (χ2n) is 4.30. The minimum atomic E-state index is -4.64. The molecule has 2 aromatic carbocycles. The van der Waals surface area contributed by atoms with Gasteiger partial charge in [-0.1, -0.05) is 12.1 Å². The van der Waals surface area contributed by atoms with E-state index in [1.165, 1.54) is 18.2 Å². The standard InChI is InChI=1S/C15H9F5O3/c16-14(17)23-12-4-2-1-3-11(12)22-13-7-10(15(18,19)20)6-5-9(13)8-21/h1-8,14H. The molecule has 0 fully saturated rings. The van der Waals surface area contributed by atoms with Crippen molar-refractivity contribution in [3.8, 4) is 17.2 Å². The largest absolute Gasteiger partial charge is 0.453 e. The van der Waals surface area contributed by atoms with Gasteiger partial charge in [0, 0.05) is 0 Å². The molecule has 0 radical (unpaired) electrons. The highest BCUT2D eigenvalue weighted by Crippen LogP contribution is 2.37. The normalized spacial score (nSPS) is 11.4. The highest BCUT2D eigenvalue weighted by atomic mass is 19.4. The van der Waals surface area contributed by atoms with Crippen LogP contribution >= 0.6 is 0 Å². The smallest absolute Gasteiger partial charge is 0.416 e. The fourth-order valence-electron chi connectivity index (χ4n) is 1.74. The van der Waals surface area contributed by atoms with Gasteiger partial charge in [0.25, 0.3) is 0 Å². The van der Waals surface area contributed by atoms with Crippen LogP contribution in [0, 0.1) is 0 Å². The number of ether oxygens (including phenoxy) is 2. The molecule has 0 heterocycles. The molecule has 0 aromatic heterocycles. The van der Waals surface area contributed by atoms with Crippen LogP contribution in [-0.2, 0) is 6.18 Å². The molecule has 23 heavy (non-hydrogen) atoms. The predicted octanol–water partition coefficient (Wildman–Crippen LogP) is 4.91. The van der Waals surface area contributed by atoms with Crippen LogP contribution in [0.3, 0.4) is 0 Å². The number of hydrogen-bond acceptors (Lipinski definition) is 3. The lowest BCUT2D eigenvalue weighted by Gasteiger charge is -2.14. The lowest BCUT2D eigenvalue weighted by atomic mass is 10.1. The van der Waals surface area contributed by atoms with Crippen molar-refractivity contribution >= 4 is 6.29 Å². The molecule has 2 rings (SSSR count). The van der Waals surface area contributed by atoms with Gasteiger partial charge in [-0.3, -0.25) is 4.79 Å². The number of carbonyl (C=O) groups excluding carboxylic acids is 1. The van der Waals surface area contributed by atoms with Crippen LogP contribution in [0.15, 0.2) is 42.5 Å². The van der Waals surface area contributed by atoms with E-state index in [1.54, 1.807) is 0 Å². The van der Waals surface area contributed by atoms with Crippen molar-refractivity contribution < 1.29 is 36.2 Å². The van der Waals surface area contributed by atoms with Gasteiger partial charge >= 0.3 is 12.8 Å². The van der Waals surface area contributed by atoms with Gasteiger partial charge in [0.15, 0.2) is 17.8 Å². The summed E-state index contributed by atoms with van der Waals surface area (Å²) in [6.45, 7) is -3.13. The van der Waals surface area contributed by atoms with Gasteiger partial charge in [-0.2, -0.15) is 22.0 Å². The van der Waals surface area contributed by atoms with Crippen molar-refractivity contribution in [2.45, 2.75) is 12.8 Å². The van der Waals surface area contributed by atoms with Gasteiger partial charge in [0.05, 0.1) is 11.1 Å². The molecule has 0 aliphatic carbocycles. The first kappa shape index (κ1) is 16.7. The zero-order valence-corrected chi connectivity index (χ0v) is 11.3. The van der Waals surface area contributed by atoms with Crippen molar-refractivity contribution in [1.82, 2.24) is 0 Å². The van der Waals surface area contributed by atoms with Gasteiger partial charge in [-0.05, 0) is 30.3 Å². The summed E-state index contributed by atoms with van der Waals surface area (Å²) < 4.78 is 72.2. The van der Waals surface area contributed by atoms with Crippen molar-refractivity contribution in [2.24, 2.45) is 0 Å². The highest BCUT2D eigenvalue weighted by Gasteiger charge is 2.31. The maximum Gasteiger partial charge on any atom is 0.416 e. The molecule has 8 heteroatoms. The number of rotatable bonds is 5. The molecular weight excluding hydrogens is 323 g/mol.